The molecule has 4 heteroatoms. The van der Waals surface area contributed by atoms with Gasteiger partial charge in [0, 0.05) is 6.54 Å². The third kappa shape index (κ3) is 6.95. The second-order valence-corrected chi connectivity index (χ2v) is 9.14. The number of carbonyl (C=O) groups excluding carboxylic acids is 1. The molecular formula is C27H30ClNO2. The van der Waals surface area contributed by atoms with Crippen LogP contribution in [-0.4, -0.2) is 29.6 Å². The van der Waals surface area contributed by atoms with E-state index in [1.54, 1.807) is 0 Å². The third-order valence-corrected chi connectivity index (χ3v) is 5.29. The van der Waals surface area contributed by atoms with E-state index in [0.29, 0.717) is 6.54 Å². The Morgan fingerprint density at radius 3 is 1.65 bits per heavy atom. The Morgan fingerprint density at radius 1 is 0.806 bits per heavy atom. The standard InChI is InChI=1S/C27H30ClNO2/c1-27(2,3)31-25(30)20-29(19-24(28)21-13-7-4-8-14-21)26(22-15-9-5-10-16-22)23-17-11-6-12-18-23/h4-18,24,26H,19-20H2,1-3H3. The summed E-state index contributed by atoms with van der Waals surface area (Å²) < 4.78 is 5.65. The summed E-state index contributed by atoms with van der Waals surface area (Å²) in [6.07, 6.45) is 0. The number of halogens is 1. The highest BCUT2D eigenvalue weighted by molar-refractivity contribution is 6.21. The maximum absolute atomic E-state index is 12.8. The average molecular weight is 436 g/mol. The Balaban J connectivity index is 1.97. The van der Waals surface area contributed by atoms with Crippen LogP contribution in [0.1, 0.15) is 48.9 Å². The van der Waals surface area contributed by atoms with E-state index in [-0.39, 0.29) is 23.9 Å². The van der Waals surface area contributed by atoms with Gasteiger partial charge in [0.1, 0.15) is 5.60 Å². The Hall–Kier alpha value is -2.62. The van der Waals surface area contributed by atoms with Gasteiger partial charge in [0.15, 0.2) is 0 Å². The maximum Gasteiger partial charge on any atom is 0.320 e. The Morgan fingerprint density at radius 2 is 1.23 bits per heavy atom. The third-order valence-electron chi connectivity index (χ3n) is 4.90. The summed E-state index contributed by atoms with van der Waals surface area (Å²) in [7, 11) is 0. The highest BCUT2D eigenvalue weighted by atomic mass is 35.5. The van der Waals surface area contributed by atoms with Crippen LogP contribution >= 0.6 is 11.6 Å². The van der Waals surface area contributed by atoms with Gasteiger partial charge < -0.3 is 4.74 Å². The summed E-state index contributed by atoms with van der Waals surface area (Å²) >= 11 is 6.84. The first-order valence-electron chi connectivity index (χ1n) is 10.6. The van der Waals surface area contributed by atoms with Crippen molar-refractivity contribution in [1.82, 2.24) is 4.90 Å². The molecule has 3 rings (SSSR count). The molecule has 0 saturated carbocycles. The van der Waals surface area contributed by atoms with Gasteiger partial charge in [-0.2, -0.15) is 0 Å². The van der Waals surface area contributed by atoms with Gasteiger partial charge in [-0.15, -0.1) is 11.6 Å². The number of ether oxygens (including phenoxy) is 1. The smallest absolute Gasteiger partial charge is 0.320 e. The molecule has 1 unspecified atom stereocenters. The van der Waals surface area contributed by atoms with Crippen LogP contribution in [0.25, 0.3) is 0 Å². The van der Waals surface area contributed by atoms with Crippen molar-refractivity contribution in [3.63, 3.8) is 0 Å². The molecule has 31 heavy (non-hydrogen) atoms. The summed E-state index contributed by atoms with van der Waals surface area (Å²) in [5.41, 5.74) is 2.69. The van der Waals surface area contributed by atoms with Crippen LogP contribution in [0.5, 0.6) is 0 Å². The largest absolute Gasteiger partial charge is 0.459 e. The summed E-state index contributed by atoms with van der Waals surface area (Å²) in [5.74, 6) is -0.263. The summed E-state index contributed by atoms with van der Waals surface area (Å²) in [5, 5.41) is -0.265. The van der Waals surface area contributed by atoms with E-state index in [2.05, 4.69) is 29.2 Å². The van der Waals surface area contributed by atoms with Gasteiger partial charge in [-0.3, -0.25) is 9.69 Å². The van der Waals surface area contributed by atoms with E-state index in [9.17, 15) is 4.79 Å². The lowest BCUT2D eigenvalue weighted by atomic mass is 9.96. The zero-order chi connectivity index (χ0) is 22.3. The van der Waals surface area contributed by atoms with Gasteiger partial charge in [0.05, 0.1) is 18.0 Å². The van der Waals surface area contributed by atoms with Crippen molar-refractivity contribution >= 4 is 17.6 Å². The van der Waals surface area contributed by atoms with Crippen molar-refractivity contribution < 1.29 is 9.53 Å². The molecule has 0 heterocycles. The van der Waals surface area contributed by atoms with E-state index in [4.69, 9.17) is 16.3 Å². The number of carbonyl (C=O) groups is 1. The van der Waals surface area contributed by atoms with Crippen LogP contribution in [0.2, 0.25) is 0 Å². The topological polar surface area (TPSA) is 29.5 Å². The minimum Gasteiger partial charge on any atom is -0.459 e. The van der Waals surface area contributed by atoms with Gasteiger partial charge >= 0.3 is 5.97 Å². The van der Waals surface area contributed by atoms with E-state index >= 15 is 0 Å². The zero-order valence-corrected chi connectivity index (χ0v) is 19.1. The average Bonchev–Trinajstić information content (AvgIpc) is 2.74. The van der Waals surface area contributed by atoms with E-state index in [1.165, 1.54) is 0 Å². The van der Waals surface area contributed by atoms with Gasteiger partial charge in [-0.05, 0) is 37.5 Å². The van der Waals surface area contributed by atoms with Crippen molar-refractivity contribution in [3.05, 3.63) is 108 Å². The van der Waals surface area contributed by atoms with Crippen molar-refractivity contribution in [3.8, 4) is 0 Å². The number of alkyl halides is 1. The number of rotatable bonds is 8. The van der Waals surface area contributed by atoms with Crippen LogP contribution in [-0.2, 0) is 9.53 Å². The van der Waals surface area contributed by atoms with Gasteiger partial charge in [0.2, 0.25) is 0 Å². The Kier molecular flexibility index (Phi) is 7.89. The van der Waals surface area contributed by atoms with Gasteiger partial charge in [-0.1, -0.05) is 91.0 Å². The molecule has 162 valence electrons. The lowest BCUT2D eigenvalue weighted by molar-refractivity contribution is -0.156. The van der Waals surface area contributed by atoms with E-state index in [1.807, 2.05) is 87.5 Å². The van der Waals surface area contributed by atoms with Crippen molar-refractivity contribution in [2.45, 2.75) is 37.8 Å². The molecule has 1 atom stereocenters. The predicted octanol–water partition coefficient (Wildman–Crippen LogP) is 6.40. The molecule has 3 nitrogen and oxygen atoms in total. The fourth-order valence-electron chi connectivity index (χ4n) is 3.66. The molecule has 0 N–H and O–H groups in total. The molecule has 0 aliphatic heterocycles. The minimum absolute atomic E-state index is 0.125. The molecule has 0 aliphatic carbocycles. The first kappa shape index (κ1) is 23.1. The number of benzene rings is 3. The van der Waals surface area contributed by atoms with Crippen LogP contribution in [0.15, 0.2) is 91.0 Å². The number of esters is 1. The molecule has 0 aromatic heterocycles. The fourth-order valence-corrected chi connectivity index (χ4v) is 3.98. The van der Waals surface area contributed by atoms with Crippen LogP contribution in [0.3, 0.4) is 0 Å². The molecule has 3 aromatic carbocycles. The second-order valence-electron chi connectivity index (χ2n) is 8.62. The fraction of sp³-hybridized carbons (Fsp3) is 0.296. The number of hydrogen-bond donors (Lipinski definition) is 0. The highest BCUT2D eigenvalue weighted by Gasteiger charge is 2.28. The van der Waals surface area contributed by atoms with E-state index in [0.717, 1.165) is 16.7 Å². The molecule has 0 aliphatic rings. The molecular weight excluding hydrogens is 406 g/mol. The Bertz CT molecular complexity index is 900. The van der Waals surface area contributed by atoms with Crippen molar-refractivity contribution in [2.24, 2.45) is 0 Å². The second kappa shape index (κ2) is 10.6. The van der Waals surface area contributed by atoms with Crippen LogP contribution in [0.4, 0.5) is 0 Å². The van der Waals surface area contributed by atoms with Crippen molar-refractivity contribution in [2.75, 3.05) is 13.1 Å². The highest BCUT2D eigenvalue weighted by Crippen LogP contribution is 2.32. The Labute approximate surface area is 190 Å². The molecule has 0 amide bonds. The summed E-state index contributed by atoms with van der Waals surface area (Å²) in [6, 6.07) is 30.3. The van der Waals surface area contributed by atoms with Crippen molar-refractivity contribution in [1.29, 1.82) is 0 Å². The zero-order valence-electron chi connectivity index (χ0n) is 18.4. The molecule has 0 saturated heterocycles. The van der Waals surface area contributed by atoms with Crippen LogP contribution < -0.4 is 0 Å². The maximum atomic E-state index is 12.8. The molecule has 0 radical (unpaired) electrons. The lowest BCUT2D eigenvalue weighted by Crippen LogP contribution is -2.39. The molecule has 0 fully saturated rings. The van der Waals surface area contributed by atoms with E-state index < -0.39 is 5.60 Å². The van der Waals surface area contributed by atoms with Gasteiger partial charge in [0.25, 0.3) is 0 Å². The first-order chi connectivity index (χ1) is 14.8. The molecule has 0 bridgehead atoms. The number of nitrogens with zero attached hydrogens (tertiary/aromatic N) is 1. The quantitative estimate of drug-likeness (QED) is 0.303. The first-order valence-corrected chi connectivity index (χ1v) is 11.0. The molecule has 0 spiro atoms. The lowest BCUT2D eigenvalue weighted by Gasteiger charge is -2.34. The SMILES string of the molecule is CC(C)(C)OC(=O)CN(CC(Cl)c1ccccc1)C(c1ccccc1)c1ccccc1. The number of hydrogen-bond acceptors (Lipinski definition) is 3. The monoisotopic (exact) mass is 435 g/mol. The summed E-state index contributed by atoms with van der Waals surface area (Å²) in [6.45, 7) is 6.29. The van der Waals surface area contributed by atoms with Gasteiger partial charge in [-0.25, -0.2) is 0 Å². The summed E-state index contributed by atoms with van der Waals surface area (Å²) in [4.78, 5) is 15.0. The minimum atomic E-state index is -0.544. The van der Waals surface area contributed by atoms with Crippen LogP contribution in [0, 0.1) is 0 Å². The normalized spacial score (nSPS) is 12.7. The predicted molar refractivity (Wildman–Crippen MR) is 127 cm³/mol. The molecule has 3 aromatic rings.